The van der Waals surface area contributed by atoms with E-state index in [-0.39, 0.29) is 11.8 Å². The van der Waals surface area contributed by atoms with E-state index in [4.69, 9.17) is 0 Å². The molecule has 18 heavy (non-hydrogen) atoms. The molecule has 0 bridgehead atoms. The van der Waals surface area contributed by atoms with Crippen LogP contribution >= 0.6 is 0 Å². The minimum atomic E-state index is 0.0499. The first kappa shape index (κ1) is 12.9. The van der Waals surface area contributed by atoms with E-state index in [0.717, 1.165) is 5.56 Å². The third-order valence-electron chi connectivity index (χ3n) is 3.40. The van der Waals surface area contributed by atoms with Gasteiger partial charge in [0.25, 0.3) is 0 Å². The Balaban J connectivity index is 1.89. The Morgan fingerprint density at radius 3 is 2.39 bits per heavy atom. The predicted molar refractivity (Wildman–Crippen MR) is 74.6 cm³/mol. The maximum atomic E-state index is 11.5. The van der Waals surface area contributed by atoms with Crippen LogP contribution in [0.4, 0.5) is 5.69 Å². The van der Waals surface area contributed by atoms with Gasteiger partial charge in [0.2, 0.25) is 5.91 Å². The van der Waals surface area contributed by atoms with Crippen molar-refractivity contribution in [3.05, 3.63) is 29.8 Å². The molecule has 3 heteroatoms. The fraction of sp³-hybridized carbons (Fsp3) is 0.533. The van der Waals surface area contributed by atoms with Crippen LogP contribution in [-0.4, -0.2) is 19.0 Å². The van der Waals surface area contributed by atoms with Gasteiger partial charge in [-0.25, -0.2) is 0 Å². The molecule has 1 amide bonds. The molecule has 1 aliphatic rings. The molecule has 1 aromatic carbocycles. The summed E-state index contributed by atoms with van der Waals surface area (Å²) in [5.41, 5.74) is 2.46. The highest BCUT2D eigenvalue weighted by Crippen LogP contribution is 2.20. The van der Waals surface area contributed by atoms with Crippen LogP contribution in [0.3, 0.4) is 0 Å². The van der Waals surface area contributed by atoms with Gasteiger partial charge in [-0.15, -0.1) is 0 Å². The van der Waals surface area contributed by atoms with E-state index in [0.29, 0.717) is 6.54 Å². The smallest absolute Gasteiger partial charge is 0.222 e. The van der Waals surface area contributed by atoms with Crippen LogP contribution in [0.2, 0.25) is 0 Å². The summed E-state index contributed by atoms with van der Waals surface area (Å²) >= 11 is 0. The lowest BCUT2D eigenvalue weighted by molar-refractivity contribution is -0.124. The maximum Gasteiger partial charge on any atom is 0.222 e. The summed E-state index contributed by atoms with van der Waals surface area (Å²) in [6.45, 7) is 6.78. The summed E-state index contributed by atoms with van der Waals surface area (Å²) in [6.07, 6.45) is 2.60. The van der Waals surface area contributed by atoms with Gasteiger partial charge in [-0.3, -0.25) is 4.79 Å². The highest BCUT2D eigenvalue weighted by Gasteiger charge is 2.12. The Hall–Kier alpha value is -1.51. The Bertz CT molecular complexity index is 391. The van der Waals surface area contributed by atoms with Crippen LogP contribution in [0.25, 0.3) is 0 Å². The topological polar surface area (TPSA) is 32.3 Å². The molecule has 0 saturated carbocycles. The molecule has 98 valence electrons. The number of rotatable bonds is 4. The second-order valence-electron chi connectivity index (χ2n) is 5.23. The molecular formula is C15H22N2O. The normalized spacial score (nSPS) is 15.2. The minimum Gasteiger partial charge on any atom is -0.372 e. The third-order valence-corrected chi connectivity index (χ3v) is 3.40. The van der Waals surface area contributed by atoms with E-state index in [9.17, 15) is 4.79 Å². The Kier molecular flexibility index (Phi) is 4.24. The highest BCUT2D eigenvalue weighted by atomic mass is 16.1. The number of anilines is 1. The van der Waals surface area contributed by atoms with Crippen molar-refractivity contribution in [2.75, 3.05) is 18.0 Å². The molecule has 0 atom stereocenters. The molecule has 1 aliphatic heterocycles. The lowest BCUT2D eigenvalue weighted by Gasteiger charge is -2.17. The van der Waals surface area contributed by atoms with Gasteiger partial charge < -0.3 is 10.2 Å². The second kappa shape index (κ2) is 5.89. The van der Waals surface area contributed by atoms with Crippen molar-refractivity contribution in [1.29, 1.82) is 0 Å². The molecule has 1 heterocycles. The van der Waals surface area contributed by atoms with Crippen LogP contribution < -0.4 is 10.2 Å². The number of benzene rings is 1. The number of carbonyl (C=O) groups excluding carboxylic acids is 1. The van der Waals surface area contributed by atoms with E-state index >= 15 is 0 Å². The van der Waals surface area contributed by atoms with Crippen LogP contribution in [0, 0.1) is 5.92 Å². The molecule has 0 radical (unpaired) electrons. The molecule has 1 aromatic rings. The quantitative estimate of drug-likeness (QED) is 0.885. The van der Waals surface area contributed by atoms with Gasteiger partial charge in [0.05, 0.1) is 0 Å². The van der Waals surface area contributed by atoms with Crippen LogP contribution in [0.5, 0.6) is 0 Å². The average molecular weight is 246 g/mol. The van der Waals surface area contributed by atoms with Gasteiger partial charge in [0, 0.05) is 31.2 Å². The SMILES string of the molecule is CC(C)C(=O)NCc1ccc(N2CCCC2)cc1. The maximum absolute atomic E-state index is 11.5. The van der Waals surface area contributed by atoms with Gasteiger partial charge in [-0.2, -0.15) is 0 Å². The first-order valence-electron chi connectivity index (χ1n) is 6.78. The predicted octanol–water partition coefficient (Wildman–Crippen LogP) is 2.56. The molecule has 1 saturated heterocycles. The number of hydrogen-bond acceptors (Lipinski definition) is 2. The van der Waals surface area contributed by atoms with E-state index < -0.39 is 0 Å². The molecule has 1 fully saturated rings. The fourth-order valence-electron chi connectivity index (χ4n) is 2.19. The van der Waals surface area contributed by atoms with Crippen molar-refractivity contribution in [1.82, 2.24) is 5.32 Å². The average Bonchev–Trinajstić information content (AvgIpc) is 2.90. The first-order chi connectivity index (χ1) is 8.66. The zero-order valence-corrected chi connectivity index (χ0v) is 11.3. The molecule has 3 nitrogen and oxygen atoms in total. The number of amides is 1. The molecule has 0 aliphatic carbocycles. The summed E-state index contributed by atoms with van der Waals surface area (Å²) in [4.78, 5) is 13.9. The van der Waals surface area contributed by atoms with Gasteiger partial charge in [0.15, 0.2) is 0 Å². The Morgan fingerprint density at radius 1 is 1.22 bits per heavy atom. The number of hydrogen-bond donors (Lipinski definition) is 1. The van der Waals surface area contributed by atoms with Crippen molar-refractivity contribution in [2.24, 2.45) is 5.92 Å². The van der Waals surface area contributed by atoms with Crippen molar-refractivity contribution >= 4 is 11.6 Å². The van der Waals surface area contributed by atoms with Crippen molar-refractivity contribution < 1.29 is 4.79 Å². The zero-order valence-electron chi connectivity index (χ0n) is 11.3. The monoisotopic (exact) mass is 246 g/mol. The first-order valence-corrected chi connectivity index (χ1v) is 6.78. The van der Waals surface area contributed by atoms with Crippen LogP contribution in [0.1, 0.15) is 32.3 Å². The van der Waals surface area contributed by atoms with Crippen molar-refractivity contribution in [3.63, 3.8) is 0 Å². The fourth-order valence-corrected chi connectivity index (χ4v) is 2.19. The van der Waals surface area contributed by atoms with E-state index in [1.807, 2.05) is 13.8 Å². The summed E-state index contributed by atoms with van der Waals surface area (Å²) in [6, 6.07) is 8.52. The van der Waals surface area contributed by atoms with E-state index in [2.05, 4.69) is 34.5 Å². The zero-order chi connectivity index (χ0) is 13.0. The molecular weight excluding hydrogens is 224 g/mol. The lowest BCUT2D eigenvalue weighted by atomic mass is 10.1. The standard InChI is InChI=1S/C15H22N2O/c1-12(2)15(18)16-11-13-5-7-14(8-6-13)17-9-3-4-10-17/h5-8,12H,3-4,9-11H2,1-2H3,(H,16,18). The van der Waals surface area contributed by atoms with Gasteiger partial charge in [-0.05, 0) is 30.5 Å². The third kappa shape index (κ3) is 3.25. The molecule has 1 N–H and O–H groups in total. The summed E-state index contributed by atoms with van der Waals surface area (Å²) in [7, 11) is 0. The van der Waals surface area contributed by atoms with E-state index in [1.165, 1.54) is 31.6 Å². The lowest BCUT2D eigenvalue weighted by Crippen LogP contribution is -2.27. The van der Waals surface area contributed by atoms with Gasteiger partial charge in [0.1, 0.15) is 0 Å². The minimum absolute atomic E-state index is 0.0499. The molecule has 2 rings (SSSR count). The Labute approximate surface area is 109 Å². The molecule has 0 aromatic heterocycles. The summed E-state index contributed by atoms with van der Waals surface area (Å²) in [5.74, 6) is 0.160. The van der Waals surface area contributed by atoms with Crippen molar-refractivity contribution in [3.8, 4) is 0 Å². The molecule has 0 unspecified atom stereocenters. The number of nitrogens with one attached hydrogen (secondary N) is 1. The van der Waals surface area contributed by atoms with E-state index in [1.54, 1.807) is 0 Å². The van der Waals surface area contributed by atoms with Crippen LogP contribution in [0.15, 0.2) is 24.3 Å². The Morgan fingerprint density at radius 2 is 1.83 bits per heavy atom. The molecule has 0 spiro atoms. The summed E-state index contributed by atoms with van der Waals surface area (Å²) < 4.78 is 0. The van der Waals surface area contributed by atoms with Crippen molar-refractivity contribution in [2.45, 2.75) is 33.2 Å². The van der Waals surface area contributed by atoms with Gasteiger partial charge in [-0.1, -0.05) is 26.0 Å². The van der Waals surface area contributed by atoms with Gasteiger partial charge >= 0.3 is 0 Å². The number of carbonyl (C=O) groups is 1. The highest BCUT2D eigenvalue weighted by molar-refractivity contribution is 5.77. The van der Waals surface area contributed by atoms with Crippen LogP contribution in [-0.2, 0) is 11.3 Å². The number of nitrogens with zero attached hydrogens (tertiary/aromatic N) is 1. The summed E-state index contributed by atoms with van der Waals surface area (Å²) in [5, 5.41) is 2.93. The largest absolute Gasteiger partial charge is 0.372 e. The second-order valence-corrected chi connectivity index (χ2v) is 5.23.